The smallest absolute Gasteiger partial charge is 0.264 e. The molecule has 0 aliphatic carbocycles. The molecule has 1 atom stereocenters. The molecule has 0 saturated carbocycles. The minimum Gasteiger partial charge on any atom is -0.264 e. The fourth-order valence-electron chi connectivity index (χ4n) is 2.49. The lowest BCUT2D eigenvalue weighted by molar-refractivity contribution is -0.297. The number of nitrogens with two attached hydrogens (primary N) is 1. The van der Waals surface area contributed by atoms with Crippen molar-refractivity contribution in [2.24, 2.45) is 10.1 Å². The molecule has 1 aromatic heterocycles. The van der Waals surface area contributed by atoms with E-state index < -0.39 is 22.2 Å². The van der Waals surface area contributed by atoms with Gasteiger partial charge in [-0.25, -0.2) is 13.6 Å². The first-order chi connectivity index (χ1) is 12.1. The van der Waals surface area contributed by atoms with E-state index in [0.717, 1.165) is 11.8 Å². The molecule has 6 nitrogen and oxygen atoms in total. The number of primary sulfonamides is 1. The summed E-state index contributed by atoms with van der Waals surface area (Å²) < 4.78 is 63.4. The van der Waals surface area contributed by atoms with Gasteiger partial charge in [0.05, 0.1) is 10.5 Å². The zero-order valence-electron chi connectivity index (χ0n) is 13.5. The Morgan fingerprint density at radius 2 is 1.81 bits per heavy atom. The molecular weight excluding hydrogens is 369 g/mol. The monoisotopic (exact) mass is 383 g/mol. The van der Waals surface area contributed by atoms with Gasteiger partial charge in [0.2, 0.25) is 10.0 Å². The molecule has 10 heteroatoms. The molecule has 1 aliphatic heterocycles. The molecule has 0 fully saturated rings. The number of alkyl halides is 3. The summed E-state index contributed by atoms with van der Waals surface area (Å²) in [4.78, 5) is 7.64. The minimum absolute atomic E-state index is 0.0758. The molecule has 2 aromatic rings. The standard InChI is InChI=1S/C16H14F3N4O2S/c1-10-6-11(8-21-7-10)15-22-14(16(17,18)19)9-23(15)12-2-4-13(5-3-12)26(20,24)25/h2-9,14H,1H3,(H2,20,24,25)/q+1. The summed E-state index contributed by atoms with van der Waals surface area (Å²) >= 11 is 0. The highest BCUT2D eigenvalue weighted by atomic mass is 32.2. The minimum atomic E-state index is -4.54. The topological polar surface area (TPSA) is 88.4 Å². The molecule has 0 amide bonds. The first-order valence-corrected chi connectivity index (χ1v) is 8.94. The quantitative estimate of drug-likeness (QED) is 0.824. The van der Waals surface area contributed by atoms with Crippen LogP contribution in [0.5, 0.6) is 0 Å². The molecule has 1 aromatic carbocycles. The van der Waals surface area contributed by atoms with Gasteiger partial charge in [0.25, 0.3) is 6.04 Å². The lowest BCUT2D eigenvalue weighted by atomic mass is 10.2. The number of sulfonamides is 1. The van der Waals surface area contributed by atoms with Gasteiger partial charge in [-0.3, -0.25) is 4.98 Å². The van der Waals surface area contributed by atoms with Gasteiger partial charge in [0.1, 0.15) is 11.9 Å². The van der Waals surface area contributed by atoms with Crippen LogP contribution in [0.4, 0.5) is 18.9 Å². The Morgan fingerprint density at radius 3 is 2.35 bits per heavy atom. The molecule has 2 N–H and O–H groups in total. The van der Waals surface area contributed by atoms with Gasteiger partial charge in [-0.2, -0.15) is 17.7 Å². The molecule has 26 heavy (non-hydrogen) atoms. The van der Waals surface area contributed by atoms with Crippen LogP contribution < -0.4 is 5.14 Å². The van der Waals surface area contributed by atoms with Crippen molar-refractivity contribution < 1.29 is 26.2 Å². The predicted octanol–water partition coefficient (Wildman–Crippen LogP) is 2.14. The van der Waals surface area contributed by atoms with Crippen molar-refractivity contribution in [1.82, 2.24) is 4.98 Å². The summed E-state index contributed by atoms with van der Waals surface area (Å²) in [6.45, 7) is 1.77. The second-order valence-electron chi connectivity index (χ2n) is 5.75. The first-order valence-electron chi connectivity index (χ1n) is 7.39. The Morgan fingerprint density at radius 1 is 1.15 bits per heavy atom. The SMILES string of the molecule is Cc1cncc(C2=NC(C(F)(F)F)C=[N+]2c2ccc(S(N)(=O)=O)cc2)c1. The molecule has 2 heterocycles. The van der Waals surface area contributed by atoms with Crippen molar-refractivity contribution in [2.45, 2.75) is 24.0 Å². The van der Waals surface area contributed by atoms with Crippen LogP contribution in [-0.2, 0) is 10.0 Å². The van der Waals surface area contributed by atoms with E-state index >= 15 is 0 Å². The lowest BCUT2D eigenvalue weighted by Gasteiger charge is -2.05. The molecule has 0 saturated heterocycles. The van der Waals surface area contributed by atoms with Crippen LogP contribution in [0.1, 0.15) is 11.1 Å². The summed E-state index contributed by atoms with van der Waals surface area (Å²) in [6, 6.07) is 4.86. The average Bonchev–Trinajstić information content (AvgIpc) is 3.00. The number of hydrogen-bond donors (Lipinski definition) is 1. The van der Waals surface area contributed by atoms with E-state index in [1.54, 1.807) is 19.2 Å². The summed E-state index contributed by atoms with van der Waals surface area (Å²) in [6.07, 6.45) is -0.610. The number of hydrogen-bond acceptors (Lipinski definition) is 4. The van der Waals surface area contributed by atoms with Crippen LogP contribution in [0.15, 0.2) is 52.6 Å². The van der Waals surface area contributed by atoms with Crippen molar-refractivity contribution in [3.63, 3.8) is 0 Å². The Labute approximate surface area is 147 Å². The second-order valence-corrected chi connectivity index (χ2v) is 7.31. The third-order valence-corrected chi connectivity index (χ3v) is 4.62. The summed E-state index contributed by atoms with van der Waals surface area (Å²) in [5.41, 5.74) is 1.51. The van der Waals surface area contributed by atoms with Crippen molar-refractivity contribution in [3.8, 4) is 0 Å². The highest BCUT2D eigenvalue weighted by Crippen LogP contribution is 2.28. The highest BCUT2D eigenvalue weighted by Gasteiger charge is 2.49. The molecule has 0 spiro atoms. The maximum atomic E-state index is 13.2. The molecule has 136 valence electrons. The molecule has 0 bridgehead atoms. The maximum Gasteiger partial charge on any atom is 0.440 e. The predicted molar refractivity (Wildman–Crippen MR) is 89.2 cm³/mol. The second kappa shape index (κ2) is 6.29. The largest absolute Gasteiger partial charge is 0.440 e. The van der Waals surface area contributed by atoms with Gasteiger partial charge in [-0.05, 0) is 42.8 Å². The summed E-state index contributed by atoms with van der Waals surface area (Å²) in [5, 5.41) is 5.04. The summed E-state index contributed by atoms with van der Waals surface area (Å²) in [7, 11) is -3.90. The van der Waals surface area contributed by atoms with E-state index in [9.17, 15) is 21.6 Å². The first kappa shape index (κ1) is 18.2. The number of nitrogens with zero attached hydrogens (tertiary/aromatic N) is 3. The number of aromatic nitrogens is 1. The molecular formula is C16H14F3N4O2S+. The van der Waals surface area contributed by atoms with Gasteiger partial charge in [-0.15, -0.1) is 0 Å². The normalized spacial score (nSPS) is 17.8. The third kappa shape index (κ3) is 3.65. The number of amidine groups is 1. The van der Waals surface area contributed by atoms with Gasteiger partial charge in [-0.1, -0.05) is 4.99 Å². The lowest BCUT2D eigenvalue weighted by Crippen LogP contribution is -2.27. The Hall–Kier alpha value is -2.59. The van der Waals surface area contributed by atoms with Crippen LogP contribution >= 0.6 is 0 Å². The van der Waals surface area contributed by atoms with E-state index in [-0.39, 0.29) is 10.7 Å². The number of aliphatic imine (C=N–C) groups is 1. The van der Waals surface area contributed by atoms with Crippen LogP contribution in [0.3, 0.4) is 0 Å². The van der Waals surface area contributed by atoms with Crippen LogP contribution in [-0.4, -0.2) is 42.2 Å². The van der Waals surface area contributed by atoms with Gasteiger partial charge < -0.3 is 0 Å². The van der Waals surface area contributed by atoms with Crippen LogP contribution in [0.25, 0.3) is 0 Å². The van der Waals surface area contributed by atoms with Crippen molar-refractivity contribution in [1.29, 1.82) is 0 Å². The molecule has 1 unspecified atom stereocenters. The highest BCUT2D eigenvalue weighted by molar-refractivity contribution is 7.89. The number of benzene rings is 1. The van der Waals surface area contributed by atoms with E-state index in [1.165, 1.54) is 35.0 Å². The van der Waals surface area contributed by atoms with Gasteiger partial charge >= 0.3 is 12.0 Å². The Kier molecular flexibility index (Phi) is 4.41. The number of rotatable bonds is 3. The van der Waals surface area contributed by atoms with Crippen LogP contribution in [0.2, 0.25) is 0 Å². The molecule has 3 rings (SSSR count). The van der Waals surface area contributed by atoms with E-state index in [4.69, 9.17) is 5.14 Å². The Balaban J connectivity index is 2.09. The van der Waals surface area contributed by atoms with E-state index in [0.29, 0.717) is 11.3 Å². The zero-order valence-corrected chi connectivity index (χ0v) is 14.3. The van der Waals surface area contributed by atoms with Gasteiger partial charge in [0.15, 0.2) is 0 Å². The average molecular weight is 383 g/mol. The zero-order chi connectivity index (χ0) is 19.1. The third-order valence-electron chi connectivity index (χ3n) is 3.69. The fraction of sp³-hybridized carbons (Fsp3) is 0.188. The maximum absolute atomic E-state index is 13.2. The Bertz CT molecular complexity index is 1010. The van der Waals surface area contributed by atoms with E-state index in [1.807, 2.05) is 0 Å². The number of halogens is 3. The van der Waals surface area contributed by atoms with Crippen LogP contribution in [0, 0.1) is 6.92 Å². The fourth-order valence-corrected chi connectivity index (χ4v) is 3.01. The van der Waals surface area contributed by atoms with Crippen molar-refractivity contribution >= 4 is 27.8 Å². The number of aryl methyl sites for hydroxylation is 1. The molecule has 1 aliphatic rings. The van der Waals surface area contributed by atoms with Gasteiger partial charge in [0, 0.05) is 12.4 Å². The number of pyridine rings is 1. The van der Waals surface area contributed by atoms with E-state index in [2.05, 4.69) is 9.98 Å². The summed E-state index contributed by atoms with van der Waals surface area (Å²) in [5.74, 6) is 0.0758. The van der Waals surface area contributed by atoms with Crippen molar-refractivity contribution in [3.05, 3.63) is 53.9 Å². The van der Waals surface area contributed by atoms with Crippen molar-refractivity contribution in [2.75, 3.05) is 0 Å². The molecule has 0 radical (unpaired) electrons.